The van der Waals surface area contributed by atoms with E-state index in [2.05, 4.69) is 16.8 Å². The van der Waals surface area contributed by atoms with Gasteiger partial charge in [0.1, 0.15) is 5.82 Å². The van der Waals surface area contributed by atoms with Gasteiger partial charge in [0.15, 0.2) is 0 Å². The number of nitrogens with zero attached hydrogens (tertiary/aromatic N) is 3. The van der Waals surface area contributed by atoms with E-state index >= 15 is 0 Å². The minimum atomic E-state index is -0.0453. The SMILES string of the molecule is COC[C@@H]1CN(C(=O)c2ccnc(N3CCCC[C@@H]3C)c2)CCO1. The van der Waals surface area contributed by atoms with E-state index in [1.165, 1.54) is 19.3 Å². The molecule has 2 fully saturated rings. The van der Waals surface area contributed by atoms with Crippen LogP contribution >= 0.6 is 0 Å². The number of carbonyl (C=O) groups excluding carboxylic acids is 1. The Labute approximate surface area is 143 Å². The van der Waals surface area contributed by atoms with E-state index in [-0.39, 0.29) is 12.0 Å². The van der Waals surface area contributed by atoms with E-state index in [4.69, 9.17) is 9.47 Å². The molecule has 0 aromatic carbocycles. The summed E-state index contributed by atoms with van der Waals surface area (Å²) in [6.07, 6.45) is 5.34. The normalized spacial score (nSPS) is 24.9. The number of piperidine rings is 1. The lowest BCUT2D eigenvalue weighted by atomic mass is 10.0. The Morgan fingerprint density at radius 1 is 1.42 bits per heavy atom. The lowest BCUT2D eigenvalue weighted by Crippen LogP contribution is -2.47. The molecular weight excluding hydrogens is 306 g/mol. The molecule has 1 aromatic rings. The Kier molecular flexibility index (Phi) is 5.68. The monoisotopic (exact) mass is 333 g/mol. The molecule has 2 atom stereocenters. The lowest BCUT2D eigenvalue weighted by molar-refractivity contribution is -0.0531. The van der Waals surface area contributed by atoms with Gasteiger partial charge in [-0.15, -0.1) is 0 Å². The standard InChI is InChI=1S/C18H27N3O3/c1-14-5-3-4-8-21(14)17-11-15(6-7-19-17)18(22)20-9-10-24-16(12-20)13-23-2/h6-7,11,14,16H,3-5,8-10,12-13H2,1-2H3/t14-,16-/m0/s1. The number of pyridine rings is 1. The number of hydrogen-bond acceptors (Lipinski definition) is 5. The molecule has 1 aromatic heterocycles. The van der Waals surface area contributed by atoms with Crippen LogP contribution in [0.15, 0.2) is 18.3 Å². The third-order valence-electron chi connectivity index (χ3n) is 4.87. The van der Waals surface area contributed by atoms with Crippen LogP contribution in [0.2, 0.25) is 0 Å². The number of aromatic nitrogens is 1. The van der Waals surface area contributed by atoms with Crippen LogP contribution in [0.3, 0.4) is 0 Å². The summed E-state index contributed by atoms with van der Waals surface area (Å²) in [6, 6.07) is 4.22. The van der Waals surface area contributed by atoms with Crippen molar-refractivity contribution in [1.82, 2.24) is 9.88 Å². The third kappa shape index (κ3) is 3.87. The summed E-state index contributed by atoms with van der Waals surface area (Å²) in [7, 11) is 1.65. The smallest absolute Gasteiger partial charge is 0.254 e. The molecule has 24 heavy (non-hydrogen) atoms. The van der Waals surface area contributed by atoms with Crippen molar-refractivity contribution in [2.24, 2.45) is 0 Å². The molecule has 1 amide bonds. The number of amides is 1. The van der Waals surface area contributed by atoms with Crippen LogP contribution in [0.1, 0.15) is 36.5 Å². The molecule has 3 rings (SSSR count). The van der Waals surface area contributed by atoms with Crippen LogP contribution < -0.4 is 4.90 Å². The lowest BCUT2D eigenvalue weighted by Gasteiger charge is -2.35. The molecule has 2 aliphatic rings. The first-order chi connectivity index (χ1) is 11.7. The van der Waals surface area contributed by atoms with Gasteiger partial charge in [0.2, 0.25) is 0 Å². The quantitative estimate of drug-likeness (QED) is 0.843. The van der Waals surface area contributed by atoms with Crippen LogP contribution in [0.4, 0.5) is 5.82 Å². The highest BCUT2D eigenvalue weighted by Crippen LogP contribution is 2.24. The van der Waals surface area contributed by atoms with Gasteiger partial charge in [0, 0.05) is 44.5 Å². The number of morpholine rings is 1. The second-order valence-corrected chi connectivity index (χ2v) is 6.64. The second kappa shape index (κ2) is 7.94. The maximum atomic E-state index is 12.8. The van der Waals surface area contributed by atoms with Crippen LogP contribution in [-0.4, -0.2) is 67.9 Å². The summed E-state index contributed by atoms with van der Waals surface area (Å²) >= 11 is 0. The number of rotatable bonds is 4. The van der Waals surface area contributed by atoms with Crippen molar-refractivity contribution in [2.45, 2.75) is 38.3 Å². The molecular formula is C18H27N3O3. The van der Waals surface area contributed by atoms with E-state index in [0.717, 1.165) is 12.4 Å². The zero-order valence-corrected chi connectivity index (χ0v) is 14.6. The molecule has 6 nitrogen and oxygen atoms in total. The summed E-state index contributed by atoms with van der Waals surface area (Å²) in [4.78, 5) is 21.5. The zero-order valence-electron chi connectivity index (χ0n) is 14.6. The van der Waals surface area contributed by atoms with Gasteiger partial charge in [-0.1, -0.05) is 0 Å². The van der Waals surface area contributed by atoms with Crippen molar-refractivity contribution in [2.75, 3.05) is 44.9 Å². The van der Waals surface area contributed by atoms with Crippen molar-refractivity contribution in [3.63, 3.8) is 0 Å². The number of carbonyl (C=O) groups is 1. The van der Waals surface area contributed by atoms with E-state index in [1.54, 1.807) is 19.4 Å². The molecule has 2 aliphatic heterocycles. The van der Waals surface area contributed by atoms with Gasteiger partial charge < -0.3 is 19.3 Å². The minimum Gasteiger partial charge on any atom is -0.382 e. The minimum absolute atomic E-state index is 0.0453. The first-order valence-corrected chi connectivity index (χ1v) is 8.81. The van der Waals surface area contributed by atoms with Gasteiger partial charge in [-0.2, -0.15) is 0 Å². The van der Waals surface area contributed by atoms with Gasteiger partial charge in [-0.3, -0.25) is 4.79 Å². The van der Waals surface area contributed by atoms with Gasteiger partial charge >= 0.3 is 0 Å². The largest absolute Gasteiger partial charge is 0.382 e. The Morgan fingerprint density at radius 3 is 3.08 bits per heavy atom. The van der Waals surface area contributed by atoms with Crippen molar-refractivity contribution < 1.29 is 14.3 Å². The van der Waals surface area contributed by atoms with Crippen molar-refractivity contribution in [3.05, 3.63) is 23.9 Å². The Morgan fingerprint density at radius 2 is 2.29 bits per heavy atom. The fraction of sp³-hybridized carbons (Fsp3) is 0.667. The highest BCUT2D eigenvalue weighted by Gasteiger charge is 2.26. The van der Waals surface area contributed by atoms with Crippen LogP contribution in [0.5, 0.6) is 0 Å². The fourth-order valence-electron chi connectivity index (χ4n) is 3.52. The number of anilines is 1. The molecule has 2 saturated heterocycles. The Hall–Kier alpha value is -1.66. The number of ether oxygens (including phenoxy) is 2. The number of methoxy groups -OCH3 is 1. The predicted octanol–water partition coefficient (Wildman–Crippen LogP) is 1.95. The summed E-state index contributed by atoms with van der Waals surface area (Å²) in [5, 5.41) is 0. The van der Waals surface area contributed by atoms with Gasteiger partial charge in [-0.25, -0.2) is 4.98 Å². The maximum absolute atomic E-state index is 12.8. The fourth-order valence-corrected chi connectivity index (χ4v) is 3.52. The molecule has 3 heterocycles. The zero-order chi connectivity index (χ0) is 16.9. The van der Waals surface area contributed by atoms with E-state index in [0.29, 0.717) is 37.9 Å². The molecule has 0 unspecified atom stereocenters. The topological polar surface area (TPSA) is 54.9 Å². The average Bonchev–Trinajstić information content (AvgIpc) is 2.62. The molecule has 0 aliphatic carbocycles. The molecule has 0 spiro atoms. The van der Waals surface area contributed by atoms with E-state index in [9.17, 15) is 4.79 Å². The Balaban J connectivity index is 1.72. The summed E-state index contributed by atoms with van der Waals surface area (Å²) in [5.41, 5.74) is 0.704. The van der Waals surface area contributed by atoms with E-state index in [1.807, 2.05) is 11.0 Å². The van der Waals surface area contributed by atoms with E-state index < -0.39 is 0 Å². The summed E-state index contributed by atoms with van der Waals surface area (Å²) in [6.45, 7) is 5.50. The van der Waals surface area contributed by atoms with Gasteiger partial charge in [-0.05, 0) is 38.3 Å². The molecule has 0 N–H and O–H groups in total. The first kappa shape index (κ1) is 17.2. The van der Waals surface area contributed by atoms with Crippen molar-refractivity contribution >= 4 is 11.7 Å². The second-order valence-electron chi connectivity index (χ2n) is 6.64. The predicted molar refractivity (Wildman–Crippen MR) is 92.4 cm³/mol. The summed E-state index contributed by atoms with van der Waals surface area (Å²) in [5.74, 6) is 0.961. The maximum Gasteiger partial charge on any atom is 0.254 e. The van der Waals surface area contributed by atoms with Gasteiger partial charge in [0.05, 0.1) is 19.3 Å². The molecule has 6 heteroatoms. The summed E-state index contributed by atoms with van der Waals surface area (Å²) < 4.78 is 10.8. The average molecular weight is 333 g/mol. The highest BCUT2D eigenvalue weighted by molar-refractivity contribution is 5.95. The van der Waals surface area contributed by atoms with Crippen molar-refractivity contribution in [1.29, 1.82) is 0 Å². The number of hydrogen-bond donors (Lipinski definition) is 0. The molecule has 0 saturated carbocycles. The van der Waals surface area contributed by atoms with Crippen LogP contribution in [0.25, 0.3) is 0 Å². The van der Waals surface area contributed by atoms with Crippen LogP contribution in [-0.2, 0) is 9.47 Å². The first-order valence-electron chi connectivity index (χ1n) is 8.81. The third-order valence-corrected chi connectivity index (χ3v) is 4.87. The molecule has 0 bridgehead atoms. The van der Waals surface area contributed by atoms with Crippen LogP contribution in [0, 0.1) is 0 Å². The molecule has 132 valence electrons. The van der Waals surface area contributed by atoms with Gasteiger partial charge in [0.25, 0.3) is 5.91 Å². The molecule has 0 radical (unpaired) electrons. The highest BCUT2D eigenvalue weighted by atomic mass is 16.5. The Bertz CT molecular complexity index is 564. The van der Waals surface area contributed by atoms with Crippen molar-refractivity contribution in [3.8, 4) is 0 Å².